The third kappa shape index (κ3) is 2.83. The second kappa shape index (κ2) is 5.68. The van der Waals surface area contributed by atoms with Gasteiger partial charge in [0.25, 0.3) is 0 Å². The van der Waals surface area contributed by atoms with Crippen LogP contribution in [0.5, 0.6) is 0 Å². The van der Waals surface area contributed by atoms with E-state index in [4.69, 9.17) is 15.2 Å². The molecule has 0 aromatic rings. The first kappa shape index (κ1) is 13.3. The molecule has 3 heteroatoms. The van der Waals surface area contributed by atoms with Gasteiger partial charge in [0.1, 0.15) is 0 Å². The third-order valence-corrected chi connectivity index (χ3v) is 4.49. The Morgan fingerprint density at radius 2 is 1.88 bits per heavy atom. The minimum atomic E-state index is 0.297. The zero-order chi connectivity index (χ0) is 12.3. The normalized spacial score (nSPS) is 31.8. The standard InChI is InChI=1S/C14H27NO2/c1-11(2)16-8-9-17-13-10-12(15)14(13)6-4-3-5-7-14/h11-13H,3-10,15H2,1-2H3. The monoisotopic (exact) mass is 241 g/mol. The Labute approximate surface area is 105 Å². The van der Waals surface area contributed by atoms with Crippen LogP contribution in [-0.2, 0) is 9.47 Å². The van der Waals surface area contributed by atoms with Gasteiger partial charge in [-0.05, 0) is 33.1 Å². The van der Waals surface area contributed by atoms with Crippen molar-refractivity contribution in [1.82, 2.24) is 0 Å². The summed E-state index contributed by atoms with van der Waals surface area (Å²) in [4.78, 5) is 0. The topological polar surface area (TPSA) is 44.5 Å². The highest BCUT2D eigenvalue weighted by molar-refractivity contribution is 5.07. The maximum absolute atomic E-state index is 6.22. The van der Waals surface area contributed by atoms with Gasteiger partial charge in [-0.25, -0.2) is 0 Å². The van der Waals surface area contributed by atoms with Crippen molar-refractivity contribution >= 4 is 0 Å². The molecule has 0 aromatic heterocycles. The Morgan fingerprint density at radius 1 is 1.18 bits per heavy atom. The summed E-state index contributed by atoms with van der Waals surface area (Å²) < 4.78 is 11.5. The van der Waals surface area contributed by atoms with E-state index in [2.05, 4.69) is 13.8 Å². The highest BCUT2D eigenvalue weighted by atomic mass is 16.5. The lowest BCUT2D eigenvalue weighted by Crippen LogP contribution is -2.63. The van der Waals surface area contributed by atoms with Gasteiger partial charge in [0.05, 0.1) is 25.4 Å². The van der Waals surface area contributed by atoms with Gasteiger partial charge < -0.3 is 15.2 Å². The molecule has 2 saturated carbocycles. The number of hydrogen-bond acceptors (Lipinski definition) is 3. The molecule has 2 rings (SSSR count). The van der Waals surface area contributed by atoms with Crippen LogP contribution in [0.15, 0.2) is 0 Å². The van der Waals surface area contributed by atoms with Crippen molar-refractivity contribution in [3.8, 4) is 0 Å². The van der Waals surface area contributed by atoms with Crippen LogP contribution in [0.25, 0.3) is 0 Å². The zero-order valence-corrected chi connectivity index (χ0v) is 11.3. The third-order valence-electron chi connectivity index (χ3n) is 4.49. The Balaban J connectivity index is 1.73. The van der Waals surface area contributed by atoms with Crippen molar-refractivity contribution in [2.45, 2.75) is 70.6 Å². The van der Waals surface area contributed by atoms with Gasteiger partial charge in [-0.2, -0.15) is 0 Å². The highest BCUT2D eigenvalue weighted by Gasteiger charge is 2.53. The van der Waals surface area contributed by atoms with E-state index in [0.717, 1.165) is 13.0 Å². The lowest BCUT2D eigenvalue weighted by atomic mass is 9.55. The fourth-order valence-corrected chi connectivity index (χ4v) is 3.39. The van der Waals surface area contributed by atoms with Crippen LogP contribution < -0.4 is 5.73 Å². The van der Waals surface area contributed by atoms with E-state index in [1.54, 1.807) is 0 Å². The van der Waals surface area contributed by atoms with E-state index in [9.17, 15) is 0 Å². The summed E-state index contributed by atoms with van der Waals surface area (Å²) in [6, 6.07) is 0.374. The van der Waals surface area contributed by atoms with Crippen molar-refractivity contribution in [3.63, 3.8) is 0 Å². The molecule has 2 atom stereocenters. The average Bonchev–Trinajstić information content (AvgIpc) is 2.34. The molecular weight excluding hydrogens is 214 g/mol. The SMILES string of the molecule is CC(C)OCCOC1CC(N)C12CCCCC2. The molecule has 2 aliphatic carbocycles. The second-order valence-electron chi connectivity index (χ2n) is 5.91. The molecule has 0 saturated heterocycles. The van der Waals surface area contributed by atoms with E-state index < -0.39 is 0 Å². The largest absolute Gasteiger partial charge is 0.376 e. The van der Waals surface area contributed by atoms with Gasteiger partial charge in [0, 0.05) is 11.5 Å². The molecule has 0 bridgehead atoms. The Morgan fingerprint density at radius 3 is 2.47 bits per heavy atom. The van der Waals surface area contributed by atoms with Gasteiger partial charge in [0.15, 0.2) is 0 Å². The molecule has 0 amide bonds. The summed E-state index contributed by atoms with van der Waals surface area (Å²) in [6.07, 6.45) is 8.30. The highest BCUT2D eigenvalue weighted by Crippen LogP contribution is 2.52. The number of rotatable bonds is 5. The van der Waals surface area contributed by atoms with Crippen molar-refractivity contribution in [1.29, 1.82) is 0 Å². The Kier molecular flexibility index (Phi) is 4.45. The van der Waals surface area contributed by atoms with E-state index in [-0.39, 0.29) is 0 Å². The summed E-state index contributed by atoms with van der Waals surface area (Å²) in [6.45, 7) is 5.54. The van der Waals surface area contributed by atoms with Crippen molar-refractivity contribution in [3.05, 3.63) is 0 Å². The Bertz CT molecular complexity index is 236. The number of nitrogens with two attached hydrogens (primary N) is 1. The molecule has 100 valence electrons. The molecule has 1 spiro atoms. The van der Waals surface area contributed by atoms with Crippen LogP contribution >= 0.6 is 0 Å². The predicted molar refractivity (Wildman–Crippen MR) is 68.9 cm³/mol. The number of ether oxygens (including phenoxy) is 2. The maximum Gasteiger partial charge on any atom is 0.0704 e. The van der Waals surface area contributed by atoms with Crippen molar-refractivity contribution < 1.29 is 9.47 Å². The summed E-state index contributed by atoms with van der Waals surface area (Å²) in [7, 11) is 0. The van der Waals surface area contributed by atoms with E-state index in [0.29, 0.717) is 30.3 Å². The molecular formula is C14H27NO2. The van der Waals surface area contributed by atoms with Crippen LogP contribution in [0.4, 0.5) is 0 Å². The van der Waals surface area contributed by atoms with Crippen LogP contribution in [-0.4, -0.2) is 31.5 Å². The zero-order valence-electron chi connectivity index (χ0n) is 11.3. The molecule has 2 N–H and O–H groups in total. The first-order chi connectivity index (χ1) is 8.15. The summed E-state index contributed by atoms with van der Waals surface area (Å²) in [5.41, 5.74) is 6.54. The van der Waals surface area contributed by atoms with Gasteiger partial charge in [-0.1, -0.05) is 19.3 Å². The lowest BCUT2D eigenvalue weighted by molar-refractivity contribution is -0.152. The van der Waals surface area contributed by atoms with Gasteiger partial charge in [-0.15, -0.1) is 0 Å². The molecule has 0 aliphatic heterocycles. The first-order valence-electron chi connectivity index (χ1n) is 7.14. The van der Waals surface area contributed by atoms with Crippen LogP contribution in [0.2, 0.25) is 0 Å². The van der Waals surface area contributed by atoms with E-state index >= 15 is 0 Å². The molecule has 2 unspecified atom stereocenters. The van der Waals surface area contributed by atoms with Crippen LogP contribution in [0, 0.1) is 5.41 Å². The van der Waals surface area contributed by atoms with Crippen LogP contribution in [0.3, 0.4) is 0 Å². The number of hydrogen-bond donors (Lipinski definition) is 1. The minimum absolute atomic E-state index is 0.297. The summed E-state index contributed by atoms with van der Waals surface area (Å²) in [5.74, 6) is 0. The molecule has 3 nitrogen and oxygen atoms in total. The molecule has 17 heavy (non-hydrogen) atoms. The maximum atomic E-state index is 6.22. The molecule has 0 aromatic carbocycles. The van der Waals surface area contributed by atoms with Gasteiger partial charge in [-0.3, -0.25) is 0 Å². The van der Waals surface area contributed by atoms with E-state index in [1.807, 2.05) is 0 Å². The predicted octanol–water partition coefficient (Wildman–Crippen LogP) is 2.48. The lowest BCUT2D eigenvalue weighted by Gasteiger charge is -2.56. The summed E-state index contributed by atoms with van der Waals surface area (Å²) in [5, 5.41) is 0. The first-order valence-corrected chi connectivity index (χ1v) is 7.14. The molecule has 0 heterocycles. The molecule has 2 fully saturated rings. The minimum Gasteiger partial charge on any atom is -0.376 e. The fraction of sp³-hybridized carbons (Fsp3) is 1.00. The van der Waals surface area contributed by atoms with Crippen molar-refractivity contribution in [2.24, 2.45) is 11.1 Å². The van der Waals surface area contributed by atoms with Gasteiger partial charge >= 0.3 is 0 Å². The fourth-order valence-electron chi connectivity index (χ4n) is 3.39. The quantitative estimate of drug-likeness (QED) is 0.752. The average molecular weight is 241 g/mol. The Hall–Kier alpha value is -0.120. The molecule has 0 radical (unpaired) electrons. The van der Waals surface area contributed by atoms with Gasteiger partial charge in [0.2, 0.25) is 0 Å². The van der Waals surface area contributed by atoms with E-state index in [1.165, 1.54) is 32.1 Å². The second-order valence-corrected chi connectivity index (χ2v) is 5.91. The smallest absolute Gasteiger partial charge is 0.0704 e. The van der Waals surface area contributed by atoms with Crippen LogP contribution in [0.1, 0.15) is 52.4 Å². The van der Waals surface area contributed by atoms with Crippen molar-refractivity contribution in [2.75, 3.05) is 13.2 Å². The molecule has 2 aliphatic rings. The summed E-state index contributed by atoms with van der Waals surface area (Å²) >= 11 is 0.